The minimum absolute atomic E-state index is 0.351. The molecule has 1 aromatic heterocycles. The number of rotatable bonds is 6. The van der Waals surface area contributed by atoms with Gasteiger partial charge in [0.05, 0.1) is 19.9 Å². The second-order valence-electron chi connectivity index (χ2n) is 6.37. The maximum atomic E-state index is 12.5. The fourth-order valence-corrected chi connectivity index (χ4v) is 3.17. The van der Waals surface area contributed by atoms with Crippen LogP contribution in [-0.4, -0.2) is 25.3 Å². The number of hydrogen-bond acceptors (Lipinski definition) is 6. The normalized spacial score (nSPS) is 10.7. The van der Waals surface area contributed by atoms with Crippen molar-refractivity contribution in [2.24, 2.45) is 0 Å². The number of carbonyl (C=O) groups is 1. The molecule has 0 atom stereocenters. The smallest absolute Gasteiger partial charge is 0.347 e. The average molecular weight is 389 g/mol. The van der Waals surface area contributed by atoms with Crippen LogP contribution in [-0.2, 0) is 6.42 Å². The van der Waals surface area contributed by atoms with E-state index in [2.05, 4.69) is 5.16 Å². The lowest BCUT2D eigenvalue weighted by Crippen LogP contribution is -2.09. The number of ether oxygens (including phenoxy) is 3. The number of esters is 1. The predicted octanol–water partition coefficient (Wildman–Crippen LogP) is 4.66. The number of hydrogen-bond donors (Lipinski definition) is 0. The first-order valence-corrected chi connectivity index (χ1v) is 9.05. The summed E-state index contributed by atoms with van der Waals surface area (Å²) in [4.78, 5) is 12.5. The molecular formula is C23H19NO5. The molecule has 0 aliphatic heterocycles. The zero-order chi connectivity index (χ0) is 20.2. The highest BCUT2D eigenvalue weighted by Crippen LogP contribution is 2.28. The molecule has 0 fully saturated rings. The zero-order valence-electron chi connectivity index (χ0n) is 16.0. The van der Waals surface area contributed by atoms with Crippen LogP contribution in [0.15, 0.2) is 71.3 Å². The molecule has 3 aromatic carbocycles. The van der Waals surface area contributed by atoms with Gasteiger partial charge in [0.2, 0.25) is 0 Å². The molecule has 0 spiro atoms. The Morgan fingerprint density at radius 1 is 0.931 bits per heavy atom. The molecule has 6 heteroatoms. The molecule has 0 unspecified atom stereocenters. The highest BCUT2D eigenvalue weighted by Gasteiger charge is 2.16. The van der Waals surface area contributed by atoms with E-state index >= 15 is 0 Å². The van der Waals surface area contributed by atoms with Gasteiger partial charge in [-0.05, 0) is 30.3 Å². The van der Waals surface area contributed by atoms with Crippen molar-refractivity contribution in [1.29, 1.82) is 0 Å². The number of para-hydroxylation sites is 2. The molecule has 1 heterocycles. The molecule has 0 saturated heterocycles. The zero-order valence-corrected chi connectivity index (χ0v) is 16.0. The van der Waals surface area contributed by atoms with Crippen molar-refractivity contribution < 1.29 is 23.5 Å². The van der Waals surface area contributed by atoms with E-state index in [0.29, 0.717) is 29.1 Å². The first-order chi connectivity index (χ1) is 14.2. The van der Waals surface area contributed by atoms with Gasteiger partial charge in [-0.3, -0.25) is 0 Å². The Bertz CT molecular complexity index is 1160. The van der Waals surface area contributed by atoms with Crippen molar-refractivity contribution in [3.05, 3.63) is 83.6 Å². The van der Waals surface area contributed by atoms with Crippen LogP contribution in [0.25, 0.3) is 11.0 Å². The molecule has 0 N–H and O–H groups in total. The summed E-state index contributed by atoms with van der Waals surface area (Å²) >= 11 is 0. The van der Waals surface area contributed by atoms with E-state index in [-0.39, 0.29) is 0 Å². The quantitative estimate of drug-likeness (QED) is 0.353. The Hall–Kier alpha value is -3.80. The van der Waals surface area contributed by atoms with Gasteiger partial charge in [0.15, 0.2) is 5.58 Å². The largest absolute Gasteiger partial charge is 0.496 e. The summed E-state index contributed by atoms with van der Waals surface area (Å²) in [6, 6.07) is 19.9. The van der Waals surface area contributed by atoms with Crippen molar-refractivity contribution in [3.8, 4) is 17.2 Å². The molecule has 4 aromatic rings. The molecule has 29 heavy (non-hydrogen) atoms. The molecule has 146 valence electrons. The number of fused-ring (bicyclic) bond motifs is 1. The maximum Gasteiger partial charge on any atom is 0.347 e. The Morgan fingerprint density at radius 3 is 2.45 bits per heavy atom. The van der Waals surface area contributed by atoms with Gasteiger partial charge in [0, 0.05) is 23.4 Å². The van der Waals surface area contributed by atoms with E-state index in [1.807, 2.05) is 30.3 Å². The van der Waals surface area contributed by atoms with Crippen molar-refractivity contribution in [1.82, 2.24) is 5.16 Å². The summed E-state index contributed by atoms with van der Waals surface area (Å²) in [5.74, 6) is 1.12. The molecule has 0 aliphatic carbocycles. The third-order valence-corrected chi connectivity index (χ3v) is 4.61. The average Bonchev–Trinajstić information content (AvgIpc) is 3.16. The highest BCUT2D eigenvalue weighted by atomic mass is 16.5. The molecular weight excluding hydrogens is 370 g/mol. The molecule has 4 rings (SSSR count). The lowest BCUT2D eigenvalue weighted by molar-refractivity contribution is 0.0731. The van der Waals surface area contributed by atoms with E-state index < -0.39 is 5.97 Å². The summed E-state index contributed by atoms with van der Waals surface area (Å²) < 4.78 is 21.6. The van der Waals surface area contributed by atoms with Gasteiger partial charge in [-0.1, -0.05) is 35.5 Å². The monoisotopic (exact) mass is 389 g/mol. The van der Waals surface area contributed by atoms with Crippen molar-refractivity contribution in [2.75, 3.05) is 14.2 Å². The van der Waals surface area contributed by atoms with Crippen LogP contribution in [0.2, 0.25) is 0 Å². The summed E-state index contributed by atoms with van der Waals surface area (Å²) in [5, 5.41) is 5.04. The SMILES string of the molecule is COc1ccccc1Cc1noc2cc(OC(=O)c3ccccc3OC)ccc12. The standard InChI is InChI=1S/C23H19NO5/c1-26-20-9-5-3-7-15(20)13-19-17-12-11-16(14-22(17)29-24-19)28-23(25)18-8-4-6-10-21(18)27-2/h3-12,14H,13H2,1-2H3. The van der Waals surface area contributed by atoms with Gasteiger partial charge < -0.3 is 18.7 Å². The summed E-state index contributed by atoms with van der Waals surface area (Å²) in [6.07, 6.45) is 0.567. The first kappa shape index (κ1) is 18.6. The molecule has 0 saturated carbocycles. The van der Waals surface area contributed by atoms with Gasteiger partial charge in [-0.2, -0.15) is 0 Å². The number of benzene rings is 3. The second kappa shape index (κ2) is 8.06. The van der Waals surface area contributed by atoms with E-state index in [1.54, 1.807) is 43.5 Å². The Balaban J connectivity index is 1.57. The lowest BCUT2D eigenvalue weighted by atomic mass is 10.1. The summed E-state index contributed by atoms with van der Waals surface area (Å²) in [6.45, 7) is 0. The topological polar surface area (TPSA) is 70.8 Å². The fourth-order valence-electron chi connectivity index (χ4n) is 3.17. The van der Waals surface area contributed by atoms with Gasteiger partial charge in [-0.25, -0.2) is 4.79 Å². The van der Waals surface area contributed by atoms with Gasteiger partial charge in [0.25, 0.3) is 0 Å². The van der Waals surface area contributed by atoms with Gasteiger partial charge in [-0.15, -0.1) is 0 Å². The van der Waals surface area contributed by atoms with Crippen LogP contribution in [0.4, 0.5) is 0 Å². The number of methoxy groups -OCH3 is 2. The van der Waals surface area contributed by atoms with E-state index in [0.717, 1.165) is 22.4 Å². The van der Waals surface area contributed by atoms with Crippen LogP contribution in [0.1, 0.15) is 21.6 Å². The molecule has 0 amide bonds. The van der Waals surface area contributed by atoms with E-state index in [9.17, 15) is 4.79 Å². The third-order valence-electron chi connectivity index (χ3n) is 4.61. The third kappa shape index (κ3) is 3.78. The Labute approximate surface area is 167 Å². The van der Waals surface area contributed by atoms with Gasteiger partial charge in [0.1, 0.15) is 22.8 Å². The second-order valence-corrected chi connectivity index (χ2v) is 6.37. The number of nitrogens with zero attached hydrogens (tertiary/aromatic N) is 1. The van der Waals surface area contributed by atoms with Gasteiger partial charge >= 0.3 is 5.97 Å². The van der Waals surface area contributed by atoms with Crippen LogP contribution in [0.5, 0.6) is 17.2 Å². The summed E-state index contributed by atoms with van der Waals surface area (Å²) in [5.41, 5.74) is 2.69. The number of carbonyl (C=O) groups excluding carboxylic acids is 1. The van der Waals surface area contributed by atoms with E-state index in [1.165, 1.54) is 7.11 Å². The Morgan fingerprint density at radius 2 is 1.66 bits per heavy atom. The lowest BCUT2D eigenvalue weighted by Gasteiger charge is -2.08. The minimum Gasteiger partial charge on any atom is -0.496 e. The molecule has 6 nitrogen and oxygen atoms in total. The van der Waals surface area contributed by atoms with E-state index in [4.69, 9.17) is 18.7 Å². The molecule has 0 aliphatic rings. The van der Waals surface area contributed by atoms with Crippen molar-refractivity contribution >= 4 is 16.9 Å². The van der Waals surface area contributed by atoms with Crippen LogP contribution < -0.4 is 14.2 Å². The molecule has 0 radical (unpaired) electrons. The van der Waals surface area contributed by atoms with Crippen molar-refractivity contribution in [2.45, 2.75) is 6.42 Å². The molecule has 0 bridgehead atoms. The van der Waals surface area contributed by atoms with Crippen molar-refractivity contribution in [3.63, 3.8) is 0 Å². The predicted molar refractivity (Wildman–Crippen MR) is 108 cm³/mol. The van der Waals surface area contributed by atoms with Crippen LogP contribution in [0, 0.1) is 0 Å². The highest BCUT2D eigenvalue weighted by molar-refractivity contribution is 5.94. The minimum atomic E-state index is -0.504. The maximum absolute atomic E-state index is 12.5. The Kier molecular flexibility index (Phi) is 5.16. The fraction of sp³-hybridized carbons (Fsp3) is 0.130. The summed E-state index contributed by atoms with van der Waals surface area (Å²) in [7, 11) is 3.15. The van der Waals surface area contributed by atoms with Crippen LogP contribution in [0.3, 0.4) is 0 Å². The van der Waals surface area contributed by atoms with Crippen LogP contribution >= 0.6 is 0 Å². The number of aromatic nitrogens is 1. The first-order valence-electron chi connectivity index (χ1n) is 9.05.